The second-order valence-corrected chi connectivity index (χ2v) is 12.2. The van der Waals surface area contributed by atoms with Crippen LogP contribution in [0.4, 0.5) is 0 Å². The van der Waals surface area contributed by atoms with Gasteiger partial charge >= 0.3 is 11.9 Å². The molecule has 0 amide bonds. The molecule has 6 fully saturated rings. The van der Waals surface area contributed by atoms with Crippen LogP contribution in [0.1, 0.15) is 64.5 Å². The first-order chi connectivity index (χ1) is 16.0. The molecule has 10 atom stereocenters. The lowest BCUT2D eigenvalue weighted by Crippen LogP contribution is -2.72. The number of hydrogen-bond acceptors (Lipinski definition) is 8. The third-order valence-corrected chi connectivity index (χ3v) is 11.1. The van der Waals surface area contributed by atoms with Crippen molar-refractivity contribution in [1.82, 2.24) is 0 Å². The lowest BCUT2D eigenvalue weighted by molar-refractivity contribution is -0.232. The summed E-state index contributed by atoms with van der Waals surface area (Å²) in [6, 6.07) is 1.80. The zero-order chi connectivity index (χ0) is 23.9. The van der Waals surface area contributed by atoms with Gasteiger partial charge in [0.05, 0.1) is 30.1 Å². The van der Waals surface area contributed by atoms with Gasteiger partial charge in [-0.1, -0.05) is 6.92 Å². The molecule has 0 aromatic carbocycles. The van der Waals surface area contributed by atoms with Crippen molar-refractivity contribution in [2.24, 2.45) is 34.0 Å². The number of ketones is 1. The molecular formula is C26H30O8. The predicted molar refractivity (Wildman–Crippen MR) is 114 cm³/mol. The molecule has 3 aliphatic heterocycles. The second-order valence-electron chi connectivity index (χ2n) is 12.2. The van der Waals surface area contributed by atoms with Crippen molar-refractivity contribution < 1.29 is 38.1 Å². The molecule has 8 heteroatoms. The summed E-state index contributed by atoms with van der Waals surface area (Å²) >= 11 is 0. The van der Waals surface area contributed by atoms with Gasteiger partial charge in [0.2, 0.25) is 0 Å². The Morgan fingerprint density at radius 2 is 1.85 bits per heavy atom. The third kappa shape index (κ3) is 2.02. The molecule has 3 saturated heterocycles. The molecule has 1 aromatic rings. The number of Topliss-reactive ketones (excluding diaryl/α,β-unsaturated/α-hetero) is 1. The van der Waals surface area contributed by atoms with Crippen LogP contribution in [0.25, 0.3) is 0 Å². The summed E-state index contributed by atoms with van der Waals surface area (Å²) in [4.78, 5) is 39.6. The van der Waals surface area contributed by atoms with Crippen LogP contribution >= 0.6 is 0 Å². The summed E-state index contributed by atoms with van der Waals surface area (Å²) in [5, 5.41) is 11.4. The van der Waals surface area contributed by atoms with E-state index in [0.29, 0.717) is 19.3 Å². The maximum Gasteiger partial charge on any atom is 0.339 e. The number of fused-ring (bicyclic) bond motifs is 1. The quantitative estimate of drug-likeness (QED) is 0.492. The van der Waals surface area contributed by atoms with Gasteiger partial charge in [0.15, 0.2) is 6.10 Å². The summed E-state index contributed by atoms with van der Waals surface area (Å²) in [6.07, 6.45) is 4.07. The van der Waals surface area contributed by atoms with Gasteiger partial charge in [-0.15, -0.1) is 0 Å². The van der Waals surface area contributed by atoms with Crippen LogP contribution in [0.5, 0.6) is 0 Å². The number of esters is 2. The Morgan fingerprint density at radius 1 is 1.06 bits per heavy atom. The summed E-state index contributed by atoms with van der Waals surface area (Å²) in [6.45, 7) is 6.04. The van der Waals surface area contributed by atoms with Crippen LogP contribution in [0.2, 0.25) is 0 Å². The summed E-state index contributed by atoms with van der Waals surface area (Å²) in [7, 11) is 0. The highest BCUT2D eigenvalue weighted by molar-refractivity contribution is 5.93. The summed E-state index contributed by atoms with van der Waals surface area (Å²) in [5.74, 6) is -1.19. The lowest BCUT2D eigenvalue weighted by Gasteiger charge is -2.65. The van der Waals surface area contributed by atoms with Gasteiger partial charge < -0.3 is 23.7 Å². The fourth-order valence-corrected chi connectivity index (χ4v) is 9.74. The standard InChI is InChI=1S/C26H30O8/c1-22-6-4-15-24(3,26(22)20(34-26)21(29)33-19(22)13-5-7-31-11-13)17(27)9-16-23(2,30)10-14-8-18(28)32-12-25(14,15)16/h5,7,11,14-16,19-20,30H,4,6,8-10,12H2,1-3H3/t14?,15?,16?,19-,20?,22-,23?,24?,25?,26-/m0/s1. The number of rotatable bonds is 1. The lowest BCUT2D eigenvalue weighted by atomic mass is 9.37. The van der Waals surface area contributed by atoms with Crippen LogP contribution in [-0.2, 0) is 28.6 Å². The van der Waals surface area contributed by atoms with Crippen LogP contribution < -0.4 is 0 Å². The molecule has 3 aliphatic carbocycles. The first-order valence-corrected chi connectivity index (χ1v) is 12.3. The molecule has 6 aliphatic rings. The van der Waals surface area contributed by atoms with E-state index in [2.05, 4.69) is 6.92 Å². The highest BCUT2D eigenvalue weighted by Crippen LogP contribution is 2.80. The number of hydrogen-bond donors (Lipinski definition) is 1. The molecule has 2 spiro atoms. The molecule has 3 saturated carbocycles. The van der Waals surface area contributed by atoms with Crippen molar-refractivity contribution in [3.05, 3.63) is 24.2 Å². The average molecular weight is 471 g/mol. The first-order valence-electron chi connectivity index (χ1n) is 12.3. The number of furan rings is 1. The number of carbonyl (C=O) groups is 3. The van der Waals surface area contributed by atoms with Crippen molar-refractivity contribution in [2.45, 2.75) is 76.3 Å². The molecule has 34 heavy (non-hydrogen) atoms. The van der Waals surface area contributed by atoms with Crippen molar-refractivity contribution in [2.75, 3.05) is 6.61 Å². The average Bonchev–Trinajstić information content (AvgIpc) is 3.26. The van der Waals surface area contributed by atoms with Crippen LogP contribution in [0.3, 0.4) is 0 Å². The van der Waals surface area contributed by atoms with E-state index >= 15 is 0 Å². The topological polar surface area (TPSA) is 116 Å². The van der Waals surface area contributed by atoms with Crippen molar-refractivity contribution in [3.63, 3.8) is 0 Å². The van der Waals surface area contributed by atoms with E-state index in [1.165, 1.54) is 0 Å². The largest absolute Gasteiger partial charge is 0.472 e. The second kappa shape index (κ2) is 5.95. The Hall–Kier alpha value is -2.19. The number of ether oxygens (including phenoxy) is 3. The molecule has 1 N–H and O–H groups in total. The van der Waals surface area contributed by atoms with Crippen molar-refractivity contribution in [3.8, 4) is 0 Å². The monoisotopic (exact) mass is 470 g/mol. The van der Waals surface area contributed by atoms with E-state index in [9.17, 15) is 19.5 Å². The Kier molecular flexibility index (Phi) is 3.70. The van der Waals surface area contributed by atoms with E-state index in [0.717, 1.165) is 5.56 Å². The Balaban J connectivity index is 1.41. The molecule has 8 nitrogen and oxygen atoms in total. The maximum atomic E-state index is 14.2. The van der Waals surface area contributed by atoms with Gasteiger partial charge in [-0.05, 0) is 51.0 Å². The van der Waals surface area contributed by atoms with E-state index in [4.69, 9.17) is 18.6 Å². The third-order valence-electron chi connectivity index (χ3n) is 11.1. The van der Waals surface area contributed by atoms with Gasteiger partial charge in [0.1, 0.15) is 17.5 Å². The van der Waals surface area contributed by atoms with Crippen LogP contribution in [-0.4, -0.2) is 46.7 Å². The number of aliphatic hydroxyl groups is 1. The Bertz CT molecular complexity index is 1120. The van der Waals surface area contributed by atoms with Crippen LogP contribution in [0.15, 0.2) is 23.0 Å². The summed E-state index contributed by atoms with van der Waals surface area (Å²) < 4.78 is 23.3. The van der Waals surface area contributed by atoms with Crippen molar-refractivity contribution >= 4 is 17.7 Å². The Morgan fingerprint density at radius 3 is 2.59 bits per heavy atom. The van der Waals surface area contributed by atoms with E-state index < -0.39 is 45.6 Å². The molecule has 182 valence electrons. The summed E-state index contributed by atoms with van der Waals surface area (Å²) in [5.41, 5.74) is -3.40. The van der Waals surface area contributed by atoms with Gasteiger partial charge in [0.25, 0.3) is 0 Å². The minimum Gasteiger partial charge on any atom is -0.472 e. The van der Waals surface area contributed by atoms with Gasteiger partial charge in [-0.3, -0.25) is 9.59 Å². The SMILES string of the molecule is CC1(O)CC2CC(=O)OCC23C1CC(=O)C1(C)C3CC[C@@]2(C)[C@H](c3ccoc3)OC(=O)C3O[C@]312. The van der Waals surface area contributed by atoms with Crippen molar-refractivity contribution in [1.29, 1.82) is 0 Å². The molecule has 7 unspecified atom stereocenters. The van der Waals surface area contributed by atoms with Crippen LogP contribution in [0, 0.1) is 34.0 Å². The molecule has 1 aromatic heterocycles. The highest BCUT2D eigenvalue weighted by Gasteiger charge is 2.89. The number of cyclic esters (lactones) is 2. The zero-order valence-electron chi connectivity index (χ0n) is 19.7. The molecule has 0 bridgehead atoms. The highest BCUT2D eigenvalue weighted by atomic mass is 16.7. The van der Waals surface area contributed by atoms with Gasteiger partial charge in [-0.2, -0.15) is 0 Å². The van der Waals surface area contributed by atoms with E-state index in [-0.39, 0.29) is 49.0 Å². The normalized spacial score (nSPS) is 55.2. The minimum atomic E-state index is -1.05. The maximum absolute atomic E-state index is 14.2. The number of epoxide rings is 1. The fourth-order valence-electron chi connectivity index (χ4n) is 9.74. The first kappa shape index (κ1) is 21.1. The van der Waals surface area contributed by atoms with E-state index in [1.807, 2.05) is 6.92 Å². The molecular weight excluding hydrogens is 440 g/mol. The van der Waals surface area contributed by atoms with Gasteiger partial charge in [0, 0.05) is 35.2 Å². The van der Waals surface area contributed by atoms with E-state index in [1.54, 1.807) is 25.5 Å². The zero-order valence-corrected chi connectivity index (χ0v) is 19.7. The molecule has 0 radical (unpaired) electrons. The Labute approximate surface area is 197 Å². The predicted octanol–water partition coefficient (Wildman–Crippen LogP) is 2.73. The molecule has 7 rings (SSSR count). The minimum absolute atomic E-state index is 0.0278. The smallest absolute Gasteiger partial charge is 0.339 e. The molecule has 4 heterocycles. The fraction of sp³-hybridized carbons (Fsp3) is 0.731. The van der Waals surface area contributed by atoms with Gasteiger partial charge in [-0.25, -0.2) is 4.79 Å². The number of carbonyl (C=O) groups excluding carboxylic acids is 3.